The van der Waals surface area contributed by atoms with Crippen molar-refractivity contribution < 1.29 is 22.8 Å². The van der Waals surface area contributed by atoms with Crippen molar-refractivity contribution in [3.05, 3.63) is 108 Å². The Balaban J connectivity index is 0.00000241. The number of rotatable bonds is 3. The van der Waals surface area contributed by atoms with Crippen LogP contribution >= 0.6 is 12.4 Å². The van der Waals surface area contributed by atoms with E-state index in [9.17, 15) is 9.59 Å². The lowest BCUT2D eigenvalue weighted by Crippen LogP contribution is -2.38. The Bertz CT molecular complexity index is 1340. The molecule has 3 aromatic heterocycles. The number of hydrogen-bond acceptors (Lipinski definition) is 6. The second kappa shape index (κ2) is 8.76. The van der Waals surface area contributed by atoms with Crippen LogP contribution in [0, 0.1) is 0 Å². The first-order valence-corrected chi connectivity index (χ1v) is 10.8. The fraction of sp³-hybridized carbons (Fsp3) is 0.154. The normalized spacial score (nSPS) is 19.5. The van der Waals surface area contributed by atoms with Gasteiger partial charge in [0.05, 0.1) is 30.2 Å². The number of carbonyl (C=O) groups excluding carboxylic acids is 2. The van der Waals surface area contributed by atoms with Gasteiger partial charge in [0.15, 0.2) is 11.5 Å². The van der Waals surface area contributed by atoms with Crippen molar-refractivity contribution in [1.29, 1.82) is 0 Å². The fourth-order valence-electron chi connectivity index (χ4n) is 4.77. The molecule has 1 aliphatic carbocycles. The molecule has 7 nitrogen and oxygen atoms in total. The number of anilines is 2. The molecule has 4 heterocycles. The SMILES string of the molecule is Cl.O=C1CC(c2ccco2)CC2=C1C(c1ccco1)N(C(=O)c1ccco1)c1ccccc1N2. The minimum atomic E-state index is -0.742. The number of allylic oxidation sites excluding steroid dienone is 1. The summed E-state index contributed by atoms with van der Waals surface area (Å²) < 4.78 is 16.8. The lowest BCUT2D eigenvalue weighted by Gasteiger charge is -2.32. The van der Waals surface area contributed by atoms with Crippen LogP contribution in [0.25, 0.3) is 0 Å². The summed E-state index contributed by atoms with van der Waals surface area (Å²) in [7, 11) is 0. The quantitative estimate of drug-likeness (QED) is 0.384. The van der Waals surface area contributed by atoms with Gasteiger partial charge in [-0.05, 0) is 55.0 Å². The van der Waals surface area contributed by atoms with Crippen LogP contribution in [0.1, 0.15) is 46.9 Å². The molecule has 0 bridgehead atoms. The third-order valence-corrected chi connectivity index (χ3v) is 6.20. The minimum Gasteiger partial charge on any atom is -0.469 e. The molecule has 0 saturated heterocycles. The van der Waals surface area contributed by atoms with Crippen LogP contribution in [0.3, 0.4) is 0 Å². The van der Waals surface area contributed by atoms with Crippen LogP contribution < -0.4 is 10.2 Å². The molecule has 2 aliphatic rings. The third-order valence-electron chi connectivity index (χ3n) is 6.20. The van der Waals surface area contributed by atoms with Crippen molar-refractivity contribution in [3.8, 4) is 0 Å². The summed E-state index contributed by atoms with van der Waals surface area (Å²) in [5.74, 6) is 0.956. The van der Waals surface area contributed by atoms with Gasteiger partial charge in [0.25, 0.3) is 5.91 Å². The number of hydrogen-bond donors (Lipinski definition) is 1. The number of ketones is 1. The summed E-state index contributed by atoms with van der Waals surface area (Å²) >= 11 is 0. The van der Waals surface area contributed by atoms with Gasteiger partial charge in [0.1, 0.15) is 17.6 Å². The predicted molar refractivity (Wildman–Crippen MR) is 127 cm³/mol. The number of fused-ring (bicyclic) bond motifs is 1. The topological polar surface area (TPSA) is 88.8 Å². The van der Waals surface area contributed by atoms with E-state index >= 15 is 0 Å². The second-order valence-corrected chi connectivity index (χ2v) is 8.15. The van der Waals surface area contributed by atoms with E-state index in [-0.39, 0.29) is 42.2 Å². The van der Waals surface area contributed by atoms with E-state index < -0.39 is 6.04 Å². The van der Waals surface area contributed by atoms with Gasteiger partial charge in [-0.2, -0.15) is 0 Å². The van der Waals surface area contributed by atoms with Crippen molar-refractivity contribution in [1.82, 2.24) is 0 Å². The Morgan fingerprint density at radius 2 is 1.56 bits per heavy atom. The molecule has 0 spiro atoms. The molecule has 172 valence electrons. The molecule has 6 rings (SSSR count). The van der Waals surface area contributed by atoms with E-state index in [1.54, 1.807) is 41.7 Å². The van der Waals surface area contributed by atoms with Gasteiger partial charge in [0.2, 0.25) is 0 Å². The Labute approximate surface area is 201 Å². The molecule has 0 radical (unpaired) electrons. The van der Waals surface area contributed by atoms with Crippen LogP contribution in [0.2, 0.25) is 0 Å². The van der Waals surface area contributed by atoms with Crippen LogP contribution in [-0.4, -0.2) is 11.7 Å². The first kappa shape index (κ1) is 21.9. The maximum Gasteiger partial charge on any atom is 0.294 e. The summed E-state index contributed by atoms with van der Waals surface area (Å²) in [5, 5.41) is 3.46. The van der Waals surface area contributed by atoms with Gasteiger partial charge in [-0.1, -0.05) is 12.1 Å². The molecule has 2 atom stereocenters. The van der Waals surface area contributed by atoms with Gasteiger partial charge in [-0.25, -0.2) is 0 Å². The molecule has 4 aromatic rings. The zero-order chi connectivity index (χ0) is 22.4. The first-order chi connectivity index (χ1) is 16.2. The smallest absolute Gasteiger partial charge is 0.294 e. The lowest BCUT2D eigenvalue weighted by atomic mass is 9.81. The summed E-state index contributed by atoms with van der Waals surface area (Å²) in [6.07, 6.45) is 5.48. The molecular formula is C26H21ClN2O5. The van der Waals surface area contributed by atoms with Gasteiger partial charge < -0.3 is 18.6 Å². The van der Waals surface area contributed by atoms with Crippen molar-refractivity contribution in [3.63, 3.8) is 0 Å². The number of Topliss-reactive ketones (excluding diaryl/α,β-unsaturated/α-hetero) is 1. The van der Waals surface area contributed by atoms with Gasteiger partial charge in [-0.15, -0.1) is 12.4 Å². The first-order valence-electron chi connectivity index (χ1n) is 10.8. The van der Waals surface area contributed by atoms with Crippen LogP contribution in [0.5, 0.6) is 0 Å². The third kappa shape index (κ3) is 3.54. The maximum atomic E-state index is 13.7. The van der Waals surface area contributed by atoms with Crippen LogP contribution in [0.4, 0.5) is 11.4 Å². The largest absolute Gasteiger partial charge is 0.469 e. The van der Waals surface area contributed by atoms with Crippen molar-refractivity contribution in [2.75, 3.05) is 10.2 Å². The lowest BCUT2D eigenvalue weighted by molar-refractivity contribution is -0.116. The highest BCUT2D eigenvalue weighted by Crippen LogP contribution is 2.47. The zero-order valence-electron chi connectivity index (χ0n) is 18.0. The Morgan fingerprint density at radius 3 is 2.26 bits per heavy atom. The molecule has 34 heavy (non-hydrogen) atoms. The van der Waals surface area contributed by atoms with E-state index in [4.69, 9.17) is 13.3 Å². The predicted octanol–water partition coefficient (Wildman–Crippen LogP) is 6.10. The van der Waals surface area contributed by atoms with Gasteiger partial charge in [-0.3, -0.25) is 14.5 Å². The maximum absolute atomic E-state index is 13.7. The van der Waals surface area contributed by atoms with Crippen molar-refractivity contribution >= 4 is 35.5 Å². The standard InChI is InChI=1S/C26H20N2O5.ClH/c29-20-15-16(21-8-3-11-31-21)14-18-24(20)25(22-9-4-12-32-22)28(26(30)23-10-5-13-33-23)19-7-2-1-6-17(19)27-18;/h1-13,16,25,27H,14-15H2;1H. The second-order valence-electron chi connectivity index (χ2n) is 8.15. The minimum absolute atomic E-state index is 0. The average molecular weight is 477 g/mol. The molecule has 1 amide bonds. The number of carbonyl (C=O) groups is 2. The number of nitrogens with zero attached hydrogens (tertiary/aromatic N) is 1. The Kier molecular flexibility index (Phi) is 5.63. The molecule has 8 heteroatoms. The van der Waals surface area contributed by atoms with Gasteiger partial charge in [0, 0.05) is 23.6 Å². The molecule has 1 N–H and O–H groups in total. The average Bonchev–Trinajstić information content (AvgIpc) is 3.61. The highest BCUT2D eigenvalue weighted by Gasteiger charge is 2.43. The molecular weight excluding hydrogens is 456 g/mol. The summed E-state index contributed by atoms with van der Waals surface area (Å²) in [6.45, 7) is 0. The van der Waals surface area contributed by atoms with E-state index in [1.165, 1.54) is 6.26 Å². The van der Waals surface area contributed by atoms with Crippen LogP contribution in [0.15, 0.2) is 104 Å². The zero-order valence-corrected chi connectivity index (χ0v) is 18.8. The number of furan rings is 3. The summed E-state index contributed by atoms with van der Waals surface area (Å²) in [4.78, 5) is 29.0. The number of amides is 1. The fourth-order valence-corrected chi connectivity index (χ4v) is 4.77. The summed E-state index contributed by atoms with van der Waals surface area (Å²) in [6, 6.07) is 17.3. The van der Waals surface area contributed by atoms with Crippen LogP contribution in [-0.2, 0) is 4.79 Å². The number of para-hydroxylation sites is 2. The van der Waals surface area contributed by atoms with E-state index in [2.05, 4.69) is 5.32 Å². The number of halogens is 1. The number of nitrogens with one attached hydrogen (secondary N) is 1. The highest BCUT2D eigenvalue weighted by atomic mass is 35.5. The molecule has 2 unspecified atom stereocenters. The number of benzene rings is 1. The monoisotopic (exact) mass is 476 g/mol. The Morgan fingerprint density at radius 1 is 0.853 bits per heavy atom. The molecule has 0 fully saturated rings. The molecule has 1 aliphatic heterocycles. The van der Waals surface area contributed by atoms with Crippen molar-refractivity contribution in [2.45, 2.75) is 24.8 Å². The van der Waals surface area contributed by atoms with E-state index in [0.717, 1.165) is 17.1 Å². The Hall–Kier alpha value is -3.97. The molecule has 1 aromatic carbocycles. The molecule has 0 saturated carbocycles. The van der Waals surface area contributed by atoms with Gasteiger partial charge >= 0.3 is 0 Å². The highest BCUT2D eigenvalue weighted by molar-refractivity contribution is 6.10. The van der Waals surface area contributed by atoms with E-state index in [1.807, 2.05) is 36.4 Å². The van der Waals surface area contributed by atoms with E-state index in [0.29, 0.717) is 23.4 Å². The van der Waals surface area contributed by atoms with Crippen molar-refractivity contribution in [2.24, 2.45) is 0 Å². The summed E-state index contributed by atoms with van der Waals surface area (Å²) in [5.41, 5.74) is 2.64.